The van der Waals surface area contributed by atoms with Crippen molar-refractivity contribution in [1.29, 1.82) is 0 Å². The van der Waals surface area contributed by atoms with Crippen LogP contribution in [-0.4, -0.2) is 49.0 Å². The van der Waals surface area contributed by atoms with Crippen LogP contribution in [0.1, 0.15) is 19.8 Å². The zero-order valence-electron chi connectivity index (χ0n) is 11.5. The first-order valence-electron chi connectivity index (χ1n) is 6.59. The standard InChI is InChI=1S/C13H21N3O3/c1-3-19-12-9-14-8-11(16-12)15-10-13(17-2)4-6-18-7-5-13/h8-9H,3-7,10H2,1-2H3,(H,15,16). The maximum absolute atomic E-state index is 5.66. The first-order chi connectivity index (χ1) is 9.28. The SMILES string of the molecule is CCOc1cncc(NCC2(OC)CCOCC2)n1. The molecule has 1 fully saturated rings. The second-order valence-corrected chi connectivity index (χ2v) is 4.53. The second kappa shape index (κ2) is 6.68. The van der Waals surface area contributed by atoms with Gasteiger partial charge in [0.25, 0.3) is 0 Å². The molecule has 1 aromatic heterocycles. The summed E-state index contributed by atoms with van der Waals surface area (Å²) in [5, 5.41) is 3.27. The van der Waals surface area contributed by atoms with Gasteiger partial charge >= 0.3 is 0 Å². The lowest BCUT2D eigenvalue weighted by Crippen LogP contribution is -2.44. The summed E-state index contributed by atoms with van der Waals surface area (Å²) >= 11 is 0. The number of anilines is 1. The van der Waals surface area contributed by atoms with Crippen molar-refractivity contribution in [3.8, 4) is 5.88 Å². The fourth-order valence-electron chi connectivity index (χ4n) is 2.10. The normalized spacial score (nSPS) is 18.0. The number of aromatic nitrogens is 2. The van der Waals surface area contributed by atoms with Crippen molar-refractivity contribution >= 4 is 5.82 Å². The van der Waals surface area contributed by atoms with E-state index in [4.69, 9.17) is 14.2 Å². The van der Waals surface area contributed by atoms with Gasteiger partial charge in [-0.15, -0.1) is 0 Å². The van der Waals surface area contributed by atoms with E-state index in [1.54, 1.807) is 19.5 Å². The molecule has 6 nitrogen and oxygen atoms in total. The van der Waals surface area contributed by atoms with E-state index >= 15 is 0 Å². The summed E-state index contributed by atoms with van der Waals surface area (Å²) in [7, 11) is 1.75. The summed E-state index contributed by atoms with van der Waals surface area (Å²) in [4.78, 5) is 8.43. The monoisotopic (exact) mass is 267 g/mol. The van der Waals surface area contributed by atoms with Gasteiger partial charge in [0.2, 0.25) is 5.88 Å². The zero-order valence-corrected chi connectivity index (χ0v) is 11.5. The van der Waals surface area contributed by atoms with Crippen LogP contribution in [0.4, 0.5) is 5.82 Å². The lowest BCUT2D eigenvalue weighted by molar-refractivity contribution is -0.0807. The molecule has 2 heterocycles. The molecule has 1 aliphatic rings. The van der Waals surface area contributed by atoms with Crippen LogP contribution in [-0.2, 0) is 9.47 Å². The number of hydrogen-bond donors (Lipinski definition) is 1. The molecule has 2 rings (SSSR count). The highest BCUT2D eigenvalue weighted by Gasteiger charge is 2.32. The van der Waals surface area contributed by atoms with Gasteiger partial charge in [0.15, 0.2) is 0 Å². The van der Waals surface area contributed by atoms with E-state index in [1.807, 2.05) is 6.92 Å². The van der Waals surface area contributed by atoms with E-state index in [0.29, 0.717) is 24.8 Å². The van der Waals surface area contributed by atoms with Crippen molar-refractivity contribution in [2.75, 3.05) is 38.8 Å². The molecule has 0 radical (unpaired) electrons. The average molecular weight is 267 g/mol. The van der Waals surface area contributed by atoms with Crippen LogP contribution in [0.5, 0.6) is 5.88 Å². The Morgan fingerprint density at radius 2 is 2.16 bits per heavy atom. The predicted molar refractivity (Wildman–Crippen MR) is 71.5 cm³/mol. The third-order valence-electron chi connectivity index (χ3n) is 3.33. The summed E-state index contributed by atoms with van der Waals surface area (Å²) < 4.78 is 16.4. The largest absolute Gasteiger partial charge is 0.477 e. The molecule has 0 atom stereocenters. The van der Waals surface area contributed by atoms with Crippen LogP contribution in [0.2, 0.25) is 0 Å². The highest BCUT2D eigenvalue weighted by molar-refractivity contribution is 5.33. The predicted octanol–water partition coefficient (Wildman–Crippen LogP) is 1.48. The summed E-state index contributed by atoms with van der Waals surface area (Å²) in [6.45, 7) is 4.67. The Kier molecular flexibility index (Phi) is 4.93. The second-order valence-electron chi connectivity index (χ2n) is 4.53. The molecule has 1 N–H and O–H groups in total. The maximum Gasteiger partial charge on any atom is 0.234 e. The van der Waals surface area contributed by atoms with Gasteiger partial charge in [0.05, 0.1) is 24.6 Å². The average Bonchev–Trinajstić information content (AvgIpc) is 2.47. The van der Waals surface area contributed by atoms with Crippen LogP contribution in [0.3, 0.4) is 0 Å². The molecule has 1 aromatic rings. The molecular formula is C13H21N3O3. The lowest BCUT2D eigenvalue weighted by Gasteiger charge is -2.36. The highest BCUT2D eigenvalue weighted by Crippen LogP contribution is 2.24. The van der Waals surface area contributed by atoms with E-state index in [0.717, 1.165) is 26.1 Å². The molecule has 0 bridgehead atoms. The molecule has 19 heavy (non-hydrogen) atoms. The summed E-state index contributed by atoms with van der Waals surface area (Å²) in [5.41, 5.74) is -0.179. The van der Waals surface area contributed by atoms with E-state index in [9.17, 15) is 0 Å². The minimum Gasteiger partial charge on any atom is -0.477 e. The van der Waals surface area contributed by atoms with E-state index < -0.39 is 0 Å². The number of nitrogens with one attached hydrogen (secondary N) is 1. The molecule has 0 saturated carbocycles. The van der Waals surface area contributed by atoms with Gasteiger partial charge in [-0.3, -0.25) is 4.98 Å². The van der Waals surface area contributed by atoms with Crippen molar-refractivity contribution in [1.82, 2.24) is 9.97 Å². The number of nitrogens with zero attached hydrogens (tertiary/aromatic N) is 2. The number of rotatable bonds is 6. The Morgan fingerprint density at radius 1 is 1.37 bits per heavy atom. The van der Waals surface area contributed by atoms with Crippen LogP contribution < -0.4 is 10.1 Å². The van der Waals surface area contributed by atoms with Crippen molar-refractivity contribution < 1.29 is 14.2 Å². The first-order valence-corrected chi connectivity index (χ1v) is 6.59. The zero-order chi connectivity index (χ0) is 13.6. The van der Waals surface area contributed by atoms with Crippen molar-refractivity contribution in [2.45, 2.75) is 25.4 Å². The molecule has 1 aliphatic heterocycles. The van der Waals surface area contributed by atoms with E-state index in [1.165, 1.54) is 0 Å². The summed E-state index contributed by atoms with van der Waals surface area (Å²) in [5.74, 6) is 1.24. The molecule has 6 heteroatoms. The van der Waals surface area contributed by atoms with E-state index in [-0.39, 0.29) is 5.60 Å². The van der Waals surface area contributed by atoms with Crippen LogP contribution in [0.25, 0.3) is 0 Å². The maximum atomic E-state index is 5.66. The Hall–Kier alpha value is -1.40. The van der Waals surface area contributed by atoms with Crippen molar-refractivity contribution in [2.24, 2.45) is 0 Å². The van der Waals surface area contributed by atoms with Crippen LogP contribution in [0.15, 0.2) is 12.4 Å². The molecular weight excluding hydrogens is 246 g/mol. The van der Waals surface area contributed by atoms with Gasteiger partial charge in [-0.2, -0.15) is 4.98 Å². The lowest BCUT2D eigenvalue weighted by atomic mass is 9.94. The highest BCUT2D eigenvalue weighted by atomic mass is 16.5. The van der Waals surface area contributed by atoms with Gasteiger partial charge in [-0.25, -0.2) is 0 Å². The first kappa shape index (κ1) is 14.0. The van der Waals surface area contributed by atoms with Crippen LogP contribution in [0, 0.1) is 0 Å². The molecule has 0 amide bonds. The van der Waals surface area contributed by atoms with Gasteiger partial charge < -0.3 is 19.5 Å². The van der Waals surface area contributed by atoms with E-state index in [2.05, 4.69) is 15.3 Å². The molecule has 0 spiro atoms. The van der Waals surface area contributed by atoms with Gasteiger partial charge in [0, 0.05) is 39.7 Å². The smallest absolute Gasteiger partial charge is 0.234 e. The molecule has 106 valence electrons. The van der Waals surface area contributed by atoms with Gasteiger partial charge in [-0.1, -0.05) is 0 Å². The molecule has 0 unspecified atom stereocenters. The Balaban J connectivity index is 1.94. The number of ether oxygens (including phenoxy) is 3. The Morgan fingerprint density at radius 3 is 2.84 bits per heavy atom. The number of hydrogen-bond acceptors (Lipinski definition) is 6. The fourth-order valence-corrected chi connectivity index (χ4v) is 2.10. The molecule has 0 aromatic carbocycles. The van der Waals surface area contributed by atoms with Gasteiger partial charge in [-0.05, 0) is 6.92 Å². The van der Waals surface area contributed by atoms with Crippen molar-refractivity contribution in [3.63, 3.8) is 0 Å². The van der Waals surface area contributed by atoms with Gasteiger partial charge in [0.1, 0.15) is 5.82 Å². The fraction of sp³-hybridized carbons (Fsp3) is 0.692. The number of methoxy groups -OCH3 is 1. The summed E-state index contributed by atoms with van der Waals surface area (Å²) in [6, 6.07) is 0. The third-order valence-corrected chi connectivity index (χ3v) is 3.33. The third kappa shape index (κ3) is 3.78. The van der Waals surface area contributed by atoms with Crippen molar-refractivity contribution in [3.05, 3.63) is 12.4 Å². The Labute approximate surface area is 113 Å². The Bertz CT molecular complexity index is 394. The topological polar surface area (TPSA) is 65.5 Å². The quantitative estimate of drug-likeness (QED) is 0.842. The molecule has 1 saturated heterocycles. The summed E-state index contributed by atoms with van der Waals surface area (Å²) in [6.07, 6.45) is 5.06. The van der Waals surface area contributed by atoms with Crippen LogP contribution >= 0.6 is 0 Å². The minimum absolute atomic E-state index is 0.179. The minimum atomic E-state index is -0.179. The molecule has 0 aliphatic carbocycles.